The molecule has 3 aliphatic carbocycles. The minimum atomic E-state index is -0.142. The summed E-state index contributed by atoms with van der Waals surface area (Å²) in [4.78, 5) is 14.5. The number of rotatable bonds is 5. The zero-order valence-corrected chi connectivity index (χ0v) is 18.5. The van der Waals surface area contributed by atoms with Crippen LogP contribution in [0.4, 0.5) is 4.39 Å². The second-order valence-electron chi connectivity index (χ2n) is 9.75. The zero-order valence-electron chi connectivity index (χ0n) is 18.5. The molecular formula is C25H35FN2O2. The maximum atomic E-state index is 13.8. The molecule has 0 aliphatic heterocycles. The SMILES string of the molecule is CCN(CC)C(=O)CC[C@@H]1C/C(=N\O)[C@@]2(C)CCC3c4ccc(F)cc4CCC3C12. The minimum Gasteiger partial charge on any atom is -0.411 e. The van der Waals surface area contributed by atoms with E-state index in [2.05, 4.69) is 12.1 Å². The van der Waals surface area contributed by atoms with Crippen LogP contribution in [0.2, 0.25) is 0 Å². The molecule has 164 valence electrons. The summed E-state index contributed by atoms with van der Waals surface area (Å²) in [6.07, 6.45) is 6.24. The Balaban J connectivity index is 1.60. The maximum absolute atomic E-state index is 13.8. The van der Waals surface area contributed by atoms with Crippen molar-refractivity contribution in [2.75, 3.05) is 13.1 Å². The molecule has 5 atom stereocenters. The molecule has 5 heteroatoms. The van der Waals surface area contributed by atoms with Crippen LogP contribution in [-0.4, -0.2) is 34.8 Å². The van der Waals surface area contributed by atoms with Crippen molar-refractivity contribution in [2.45, 2.75) is 71.6 Å². The highest BCUT2D eigenvalue weighted by Gasteiger charge is 2.57. The van der Waals surface area contributed by atoms with Gasteiger partial charge in [0.1, 0.15) is 5.82 Å². The summed E-state index contributed by atoms with van der Waals surface area (Å²) < 4.78 is 13.8. The number of hydrogen-bond acceptors (Lipinski definition) is 3. The molecular weight excluding hydrogens is 379 g/mol. The van der Waals surface area contributed by atoms with Gasteiger partial charge in [0.15, 0.2) is 0 Å². The molecule has 0 heterocycles. The Bertz CT molecular complexity index is 834. The van der Waals surface area contributed by atoms with Gasteiger partial charge in [-0.15, -0.1) is 0 Å². The first-order valence-corrected chi connectivity index (χ1v) is 11.7. The van der Waals surface area contributed by atoms with Gasteiger partial charge in [0.05, 0.1) is 5.71 Å². The lowest BCUT2D eigenvalue weighted by molar-refractivity contribution is -0.131. The van der Waals surface area contributed by atoms with Crippen LogP contribution in [0.25, 0.3) is 0 Å². The molecule has 4 nitrogen and oxygen atoms in total. The van der Waals surface area contributed by atoms with Gasteiger partial charge in [-0.05, 0) is 99.3 Å². The quantitative estimate of drug-likeness (QED) is 0.519. The second-order valence-corrected chi connectivity index (χ2v) is 9.75. The van der Waals surface area contributed by atoms with E-state index in [-0.39, 0.29) is 17.1 Å². The van der Waals surface area contributed by atoms with Gasteiger partial charge in [-0.25, -0.2) is 4.39 Å². The Labute approximate surface area is 179 Å². The highest BCUT2D eigenvalue weighted by Crippen LogP contribution is 2.62. The Morgan fingerprint density at radius 3 is 2.77 bits per heavy atom. The standard InChI is InChI=1S/C25H35FN2O2/c1-4-28(5-2)23(29)11-7-17-15-22(27-30)25(3)13-12-20-19-10-8-18(26)14-16(19)6-9-21(20)24(17)25/h8,10,14,17,20-21,24,30H,4-7,9,11-13,15H2,1-3H3/b27-22+/t17-,20?,21?,24?,25-/m1/s1. The fourth-order valence-corrected chi connectivity index (χ4v) is 7.10. The fourth-order valence-electron chi connectivity index (χ4n) is 7.10. The van der Waals surface area contributed by atoms with Gasteiger partial charge in [-0.2, -0.15) is 0 Å². The van der Waals surface area contributed by atoms with Crippen LogP contribution >= 0.6 is 0 Å². The highest BCUT2D eigenvalue weighted by atomic mass is 19.1. The van der Waals surface area contributed by atoms with Crippen molar-refractivity contribution in [3.63, 3.8) is 0 Å². The van der Waals surface area contributed by atoms with Crippen LogP contribution in [0.1, 0.15) is 76.3 Å². The number of halogens is 1. The second kappa shape index (κ2) is 8.32. The Morgan fingerprint density at radius 1 is 1.30 bits per heavy atom. The lowest BCUT2D eigenvalue weighted by Crippen LogP contribution is -2.44. The molecule has 3 unspecified atom stereocenters. The number of fused-ring (bicyclic) bond motifs is 5. The third-order valence-corrected chi connectivity index (χ3v) is 8.53. The number of benzene rings is 1. The number of carbonyl (C=O) groups is 1. The van der Waals surface area contributed by atoms with E-state index in [1.165, 1.54) is 11.1 Å². The number of amides is 1. The van der Waals surface area contributed by atoms with Crippen molar-refractivity contribution in [1.29, 1.82) is 0 Å². The molecule has 0 spiro atoms. The first-order chi connectivity index (χ1) is 14.4. The molecule has 4 rings (SSSR count). The molecule has 1 aromatic rings. The van der Waals surface area contributed by atoms with E-state index in [0.717, 1.165) is 57.3 Å². The van der Waals surface area contributed by atoms with Gasteiger partial charge in [0.25, 0.3) is 0 Å². The summed E-state index contributed by atoms with van der Waals surface area (Å²) in [6, 6.07) is 5.32. The van der Waals surface area contributed by atoms with Crippen molar-refractivity contribution < 1.29 is 14.4 Å². The van der Waals surface area contributed by atoms with Crippen LogP contribution in [-0.2, 0) is 11.2 Å². The smallest absolute Gasteiger partial charge is 0.222 e. The summed E-state index contributed by atoms with van der Waals surface area (Å²) in [5, 5.41) is 13.5. The molecule has 0 saturated heterocycles. The van der Waals surface area contributed by atoms with E-state index in [4.69, 9.17) is 0 Å². The average molecular weight is 415 g/mol. The number of oxime groups is 1. The Morgan fingerprint density at radius 2 is 2.07 bits per heavy atom. The summed E-state index contributed by atoms with van der Waals surface area (Å²) >= 11 is 0. The normalized spacial score (nSPS) is 33.7. The lowest BCUT2D eigenvalue weighted by atomic mass is 9.54. The molecule has 0 radical (unpaired) electrons. The number of carbonyl (C=O) groups excluding carboxylic acids is 1. The average Bonchev–Trinajstić information content (AvgIpc) is 3.04. The Hall–Kier alpha value is -1.91. The molecule has 1 amide bonds. The van der Waals surface area contributed by atoms with Crippen LogP contribution in [0.5, 0.6) is 0 Å². The predicted molar refractivity (Wildman–Crippen MR) is 116 cm³/mol. The minimum absolute atomic E-state index is 0.0869. The summed E-state index contributed by atoms with van der Waals surface area (Å²) in [6.45, 7) is 7.83. The topological polar surface area (TPSA) is 52.9 Å². The number of nitrogens with zero attached hydrogens (tertiary/aromatic N) is 2. The number of hydrogen-bond donors (Lipinski definition) is 1. The highest BCUT2D eigenvalue weighted by molar-refractivity contribution is 5.92. The third kappa shape index (κ3) is 3.44. The molecule has 1 N–H and O–H groups in total. The summed E-state index contributed by atoms with van der Waals surface area (Å²) in [5.74, 6) is 1.84. The first kappa shape index (κ1) is 21.3. The van der Waals surface area contributed by atoms with Gasteiger partial charge in [0.2, 0.25) is 5.91 Å². The van der Waals surface area contributed by atoms with Crippen LogP contribution in [0.15, 0.2) is 23.4 Å². The molecule has 30 heavy (non-hydrogen) atoms. The van der Waals surface area contributed by atoms with E-state index in [0.29, 0.717) is 30.1 Å². The maximum Gasteiger partial charge on any atom is 0.222 e. The number of aryl methyl sites for hydroxylation is 1. The largest absolute Gasteiger partial charge is 0.411 e. The van der Waals surface area contributed by atoms with Crippen molar-refractivity contribution in [1.82, 2.24) is 4.90 Å². The van der Waals surface area contributed by atoms with Crippen LogP contribution in [0, 0.1) is 29.0 Å². The Kier molecular flexibility index (Phi) is 5.91. The zero-order chi connectivity index (χ0) is 21.5. The van der Waals surface area contributed by atoms with Crippen molar-refractivity contribution in [3.8, 4) is 0 Å². The monoisotopic (exact) mass is 414 g/mol. The van der Waals surface area contributed by atoms with Gasteiger partial charge < -0.3 is 10.1 Å². The van der Waals surface area contributed by atoms with Crippen LogP contribution < -0.4 is 0 Å². The lowest BCUT2D eigenvalue weighted by Gasteiger charge is -2.50. The van der Waals surface area contributed by atoms with Gasteiger partial charge in [0, 0.05) is 24.9 Å². The van der Waals surface area contributed by atoms with Gasteiger partial charge >= 0.3 is 0 Å². The van der Waals surface area contributed by atoms with E-state index in [1.54, 1.807) is 12.1 Å². The third-order valence-electron chi connectivity index (χ3n) is 8.53. The molecule has 0 aromatic heterocycles. The van der Waals surface area contributed by atoms with Crippen LogP contribution in [0.3, 0.4) is 0 Å². The summed E-state index contributed by atoms with van der Waals surface area (Å²) in [5.41, 5.74) is 3.33. The first-order valence-electron chi connectivity index (χ1n) is 11.7. The van der Waals surface area contributed by atoms with Gasteiger partial charge in [-0.3, -0.25) is 4.79 Å². The molecule has 3 aliphatic rings. The molecule has 0 bridgehead atoms. The van der Waals surface area contributed by atoms with Crippen molar-refractivity contribution in [3.05, 3.63) is 35.1 Å². The van der Waals surface area contributed by atoms with Crippen molar-refractivity contribution >= 4 is 11.6 Å². The van der Waals surface area contributed by atoms with E-state index in [1.807, 2.05) is 24.8 Å². The predicted octanol–water partition coefficient (Wildman–Crippen LogP) is 5.39. The molecule has 1 aromatic carbocycles. The van der Waals surface area contributed by atoms with Gasteiger partial charge in [-0.1, -0.05) is 18.1 Å². The van der Waals surface area contributed by atoms with E-state index < -0.39 is 0 Å². The van der Waals surface area contributed by atoms with Crippen molar-refractivity contribution in [2.24, 2.45) is 28.3 Å². The fraction of sp³-hybridized carbons (Fsp3) is 0.680. The molecule has 2 saturated carbocycles. The summed E-state index contributed by atoms with van der Waals surface area (Å²) in [7, 11) is 0. The van der Waals surface area contributed by atoms with E-state index in [9.17, 15) is 14.4 Å². The molecule has 2 fully saturated rings. The van der Waals surface area contributed by atoms with E-state index >= 15 is 0 Å².